The summed E-state index contributed by atoms with van der Waals surface area (Å²) < 4.78 is 0. The summed E-state index contributed by atoms with van der Waals surface area (Å²) in [7, 11) is 5.13. The van der Waals surface area contributed by atoms with E-state index in [1.165, 1.54) is 10.9 Å². The van der Waals surface area contributed by atoms with Gasteiger partial charge in [-0.2, -0.15) is 9.78 Å². The molecule has 0 saturated carbocycles. The molecule has 0 bridgehead atoms. The van der Waals surface area contributed by atoms with Crippen molar-refractivity contribution in [3.8, 4) is 0 Å². The first-order chi connectivity index (χ1) is 6.78. The number of hydrogen-bond acceptors (Lipinski definition) is 6. The van der Waals surface area contributed by atoms with Crippen LogP contribution in [0.4, 0.5) is 17.3 Å². The van der Waals surface area contributed by atoms with Crippen LogP contribution in [-0.2, 0) is 4.79 Å². The number of nitrogens with one attached hydrogen (secondary N) is 3. The molecule has 3 N–H and O–H groups in total. The Bertz CT molecular complexity index is 365. The number of anilines is 2. The predicted octanol–water partition coefficient (Wildman–Crippen LogP) is 0.107. The minimum atomic E-state index is 0.430. The number of nitrogens with zero attached hydrogens (tertiary/aromatic N) is 3. The molecule has 14 heavy (non-hydrogen) atoms. The molecule has 7 nitrogen and oxygen atoms in total. The van der Waals surface area contributed by atoms with E-state index in [0.29, 0.717) is 17.3 Å². The van der Waals surface area contributed by atoms with E-state index in [2.05, 4.69) is 26.2 Å². The van der Waals surface area contributed by atoms with Crippen LogP contribution in [0.15, 0.2) is 4.99 Å². The lowest BCUT2D eigenvalue weighted by Gasteiger charge is -2.03. The van der Waals surface area contributed by atoms with Crippen molar-refractivity contribution in [3.63, 3.8) is 0 Å². The van der Waals surface area contributed by atoms with Crippen molar-refractivity contribution in [1.29, 1.82) is 0 Å². The molecule has 0 spiro atoms. The van der Waals surface area contributed by atoms with Crippen molar-refractivity contribution in [2.75, 3.05) is 37.2 Å². The summed E-state index contributed by atoms with van der Waals surface area (Å²) in [5.74, 6) is 1.10. The van der Waals surface area contributed by atoms with Crippen molar-refractivity contribution < 1.29 is 4.79 Å². The standard InChI is InChI=1S/C7H12N6O/c1-8-6-5(11-4-14)7(9-2)13(10-3)12-6/h9-10H,1-3H3,(H,8,12). The fourth-order valence-electron chi connectivity index (χ4n) is 1.12. The quantitative estimate of drug-likeness (QED) is 0.470. The van der Waals surface area contributed by atoms with E-state index in [0.717, 1.165) is 0 Å². The zero-order valence-corrected chi connectivity index (χ0v) is 8.25. The molecule has 0 aliphatic carbocycles. The average molecular weight is 196 g/mol. The Morgan fingerprint density at radius 2 is 2.07 bits per heavy atom. The van der Waals surface area contributed by atoms with Gasteiger partial charge in [-0.3, -0.25) is 0 Å². The Hall–Kier alpha value is -2.01. The summed E-state index contributed by atoms with van der Waals surface area (Å²) in [6, 6.07) is 0. The minimum absolute atomic E-state index is 0.430. The van der Waals surface area contributed by atoms with Gasteiger partial charge in [-0.15, -0.1) is 5.10 Å². The Kier molecular flexibility index (Phi) is 3.09. The van der Waals surface area contributed by atoms with E-state index in [-0.39, 0.29) is 0 Å². The summed E-state index contributed by atoms with van der Waals surface area (Å²) in [6.07, 6.45) is 1.48. The van der Waals surface area contributed by atoms with Gasteiger partial charge in [-0.1, -0.05) is 0 Å². The molecule has 1 rings (SSSR count). The molecule has 1 aromatic heterocycles. The third kappa shape index (κ3) is 1.53. The largest absolute Gasteiger partial charge is 0.370 e. The number of aliphatic imine (C=N–C) groups is 1. The summed E-state index contributed by atoms with van der Waals surface area (Å²) in [5, 5.41) is 9.80. The lowest BCUT2D eigenvalue weighted by Crippen LogP contribution is -2.13. The van der Waals surface area contributed by atoms with Gasteiger partial charge >= 0.3 is 0 Å². The van der Waals surface area contributed by atoms with Gasteiger partial charge in [0.1, 0.15) is 0 Å². The van der Waals surface area contributed by atoms with Crippen LogP contribution in [0.5, 0.6) is 0 Å². The van der Waals surface area contributed by atoms with Gasteiger partial charge in [0.15, 0.2) is 17.3 Å². The van der Waals surface area contributed by atoms with Gasteiger partial charge in [0.25, 0.3) is 0 Å². The maximum atomic E-state index is 10.2. The van der Waals surface area contributed by atoms with E-state index < -0.39 is 0 Å². The minimum Gasteiger partial charge on any atom is -0.370 e. The fraction of sp³-hybridized carbons (Fsp3) is 0.429. The first kappa shape index (κ1) is 10.1. The summed E-state index contributed by atoms with van der Waals surface area (Å²) in [5.41, 5.74) is 3.24. The van der Waals surface area contributed by atoms with E-state index >= 15 is 0 Å². The Morgan fingerprint density at radius 3 is 2.50 bits per heavy atom. The maximum Gasteiger partial charge on any atom is 0.240 e. The van der Waals surface area contributed by atoms with Crippen molar-refractivity contribution in [2.45, 2.75) is 0 Å². The van der Waals surface area contributed by atoms with E-state index in [9.17, 15) is 4.79 Å². The molecule has 1 heterocycles. The molecule has 1 aromatic rings. The molecule has 0 aliphatic heterocycles. The predicted molar refractivity (Wildman–Crippen MR) is 54.4 cm³/mol. The zero-order valence-electron chi connectivity index (χ0n) is 8.25. The second-order valence-electron chi connectivity index (χ2n) is 2.38. The highest BCUT2D eigenvalue weighted by atomic mass is 16.1. The highest BCUT2D eigenvalue weighted by Crippen LogP contribution is 2.31. The molecular weight excluding hydrogens is 184 g/mol. The molecular formula is C7H12N6O. The van der Waals surface area contributed by atoms with Crippen LogP contribution in [-0.4, -0.2) is 37.1 Å². The number of hydrogen-bond donors (Lipinski definition) is 3. The van der Waals surface area contributed by atoms with E-state index in [1.807, 2.05) is 0 Å². The summed E-state index contributed by atoms with van der Waals surface area (Å²) >= 11 is 0. The Balaban J connectivity index is 3.32. The molecule has 0 aromatic carbocycles. The smallest absolute Gasteiger partial charge is 0.240 e. The maximum absolute atomic E-state index is 10.2. The van der Waals surface area contributed by atoms with Crippen molar-refractivity contribution in [1.82, 2.24) is 9.89 Å². The average Bonchev–Trinajstić information content (AvgIpc) is 2.56. The number of carbonyl (C=O) groups excluding carboxylic acids is 1. The summed E-state index contributed by atoms with van der Waals surface area (Å²) in [6.45, 7) is 0. The molecule has 0 aliphatic rings. The molecule has 76 valence electrons. The lowest BCUT2D eigenvalue weighted by molar-refractivity contribution is 0.565. The van der Waals surface area contributed by atoms with Crippen LogP contribution < -0.4 is 16.1 Å². The normalized spacial score (nSPS) is 9.07. The van der Waals surface area contributed by atoms with E-state index in [4.69, 9.17) is 0 Å². The SMILES string of the molecule is CNc1nn(NC)c(NC)c1N=C=O. The molecule has 0 fully saturated rings. The van der Waals surface area contributed by atoms with Gasteiger partial charge in [0.05, 0.1) is 0 Å². The first-order valence-electron chi connectivity index (χ1n) is 4.02. The second-order valence-corrected chi connectivity index (χ2v) is 2.38. The zero-order chi connectivity index (χ0) is 10.6. The lowest BCUT2D eigenvalue weighted by atomic mass is 10.4. The molecule has 0 atom stereocenters. The van der Waals surface area contributed by atoms with Crippen LogP contribution in [0.1, 0.15) is 0 Å². The van der Waals surface area contributed by atoms with Crippen LogP contribution >= 0.6 is 0 Å². The Morgan fingerprint density at radius 1 is 1.36 bits per heavy atom. The third-order valence-electron chi connectivity index (χ3n) is 1.70. The van der Waals surface area contributed by atoms with Crippen LogP contribution in [0.3, 0.4) is 0 Å². The topological polar surface area (TPSA) is 83.3 Å². The van der Waals surface area contributed by atoms with Gasteiger partial charge < -0.3 is 16.1 Å². The highest BCUT2D eigenvalue weighted by molar-refractivity contribution is 5.77. The number of aromatic nitrogens is 2. The second kappa shape index (κ2) is 4.29. The molecule has 0 saturated heterocycles. The molecule has 0 amide bonds. The number of isocyanates is 1. The van der Waals surface area contributed by atoms with Gasteiger partial charge in [-0.25, -0.2) is 4.79 Å². The van der Waals surface area contributed by atoms with Crippen LogP contribution in [0.2, 0.25) is 0 Å². The van der Waals surface area contributed by atoms with E-state index in [1.54, 1.807) is 21.1 Å². The molecule has 7 heteroatoms. The van der Waals surface area contributed by atoms with Crippen LogP contribution in [0, 0.1) is 0 Å². The van der Waals surface area contributed by atoms with Gasteiger partial charge in [0.2, 0.25) is 6.08 Å². The van der Waals surface area contributed by atoms with Gasteiger partial charge in [-0.05, 0) is 0 Å². The van der Waals surface area contributed by atoms with Gasteiger partial charge in [0, 0.05) is 21.1 Å². The van der Waals surface area contributed by atoms with Crippen LogP contribution in [0.25, 0.3) is 0 Å². The molecule has 0 unspecified atom stereocenters. The van der Waals surface area contributed by atoms with Crippen molar-refractivity contribution in [2.24, 2.45) is 4.99 Å². The number of rotatable bonds is 4. The summed E-state index contributed by atoms with van der Waals surface area (Å²) in [4.78, 5) is 15.2. The van der Waals surface area contributed by atoms with Crippen molar-refractivity contribution >= 4 is 23.4 Å². The first-order valence-corrected chi connectivity index (χ1v) is 4.02. The molecule has 0 radical (unpaired) electrons. The van der Waals surface area contributed by atoms with Crippen molar-refractivity contribution in [3.05, 3.63) is 0 Å². The fourth-order valence-corrected chi connectivity index (χ4v) is 1.12. The Labute approximate surface area is 81.2 Å². The third-order valence-corrected chi connectivity index (χ3v) is 1.70. The monoisotopic (exact) mass is 196 g/mol. The highest BCUT2D eigenvalue weighted by Gasteiger charge is 2.14.